The summed E-state index contributed by atoms with van der Waals surface area (Å²) in [6, 6.07) is 4.94. The molecule has 21 heavy (non-hydrogen) atoms. The molecule has 0 bridgehead atoms. The van der Waals surface area contributed by atoms with Gasteiger partial charge in [0.1, 0.15) is 0 Å². The van der Waals surface area contributed by atoms with Gasteiger partial charge in [-0.1, -0.05) is 13.0 Å². The van der Waals surface area contributed by atoms with Gasteiger partial charge in [-0.15, -0.1) is 10.2 Å². The van der Waals surface area contributed by atoms with Crippen LogP contribution in [0.4, 0.5) is 5.69 Å². The van der Waals surface area contributed by atoms with E-state index in [1.807, 2.05) is 13.0 Å². The van der Waals surface area contributed by atoms with Crippen LogP contribution in [0.15, 0.2) is 22.6 Å². The molecule has 2 aromatic rings. The van der Waals surface area contributed by atoms with Crippen molar-refractivity contribution < 1.29 is 14.1 Å². The van der Waals surface area contributed by atoms with Gasteiger partial charge in [0.25, 0.3) is 5.89 Å². The Kier molecular flexibility index (Phi) is 3.55. The van der Waals surface area contributed by atoms with E-state index in [0.29, 0.717) is 17.7 Å². The normalized spacial score (nSPS) is 14.1. The Hall–Kier alpha value is -2.44. The summed E-state index contributed by atoms with van der Waals surface area (Å²) in [5.74, 6) is 1.56. The van der Waals surface area contributed by atoms with Crippen molar-refractivity contribution in [3.63, 3.8) is 0 Å². The third-order valence-corrected chi connectivity index (χ3v) is 3.39. The molecule has 0 spiro atoms. The van der Waals surface area contributed by atoms with E-state index in [1.165, 1.54) is 6.07 Å². The zero-order valence-electron chi connectivity index (χ0n) is 11.6. The average Bonchev–Trinajstić information content (AvgIpc) is 3.24. The molecule has 7 nitrogen and oxygen atoms in total. The minimum Gasteiger partial charge on any atom is -0.477 e. The molecule has 0 N–H and O–H groups in total. The van der Waals surface area contributed by atoms with E-state index in [0.717, 1.165) is 24.8 Å². The molecule has 1 aromatic carbocycles. The van der Waals surface area contributed by atoms with Crippen molar-refractivity contribution >= 4 is 5.69 Å². The highest BCUT2D eigenvalue weighted by Gasteiger charge is 2.29. The van der Waals surface area contributed by atoms with Crippen molar-refractivity contribution in [2.45, 2.75) is 38.7 Å². The summed E-state index contributed by atoms with van der Waals surface area (Å²) < 4.78 is 10.9. The number of aromatic nitrogens is 2. The number of ether oxygens (including phenoxy) is 1. The summed E-state index contributed by atoms with van der Waals surface area (Å²) in [5.41, 5.74) is 0.846. The highest BCUT2D eigenvalue weighted by atomic mass is 16.6. The molecule has 1 saturated carbocycles. The summed E-state index contributed by atoms with van der Waals surface area (Å²) in [6.45, 7) is 1.98. The van der Waals surface area contributed by atoms with Crippen LogP contribution < -0.4 is 4.74 Å². The summed E-state index contributed by atoms with van der Waals surface area (Å²) in [5, 5.41) is 18.9. The van der Waals surface area contributed by atoms with Crippen LogP contribution in [0.25, 0.3) is 0 Å². The standard InChI is InChI=1S/C14H15N3O4/c1-2-9-3-6-12(11(7-9)17(18)19)20-8-13-15-16-14(21-13)10-4-5-10/h3,6-7,10H,2,4-5,8H2,1H3. The lowest BCUT2D eigenvalue weighted by Crippen LogP contribution is -2.00. The Morgan fingerprint density at radius 2 is 2.24 bits per heavy atom. The van der Waals surface area contributed by atoms with Crippen molar-refractivity contribution in [3.8, 4) is 5.75 Å². The van der Waals surface area contributed by atoms with Crippen molar-refractivity contribution in [2.24, 2.45) is 0 Å². The molecular formula is C14H15N3O4. The molecule has 3 rings (SSSR count). The van der Waals surface area contributed by atoms with Crippen LogP contribution in [0, 0.1) is 10.1 Å². The van der Waals surface area contributed by atoms with Gasteiger partial charge in [-0.25, -0.2) is 0 Å². The second-order valence-electron chi connectivity index (χ2n) is 5.01. The van der Waals surface area contributed by atoms with E-state index < -0.39 is 4.92 Å². The smallest absolute Gasteiger partial charge is 0.311 e. The lowest BCUT2D eigenvalue weighted by Gasteiger charge is -2.05. The number of nitrogens with zero attached hydrogens (tertiary/aromatic N) is 3. The molecule has 1 aromatic heterocycles. The van der Waals surface area contributed by atoms with Crippen molar-refractivity contribution in [1.82, 2.24) is 10.2 Å². The molecule has 1 aliphatic rings. The first-order valence-corrected chi connectivity index (χ1v) is 6.89. The van der Waals surface area contributed by atoms with Crippen molar-refractivity contribution in [3.05, 3.63) is 45.7 Å². The molecule has 0 atom stereocenters. The van der Waals surface area contributed by atoms with E-state index in [4.69, 9.17) is 9.15 Å². The molecule has 0 saturated heterocycles. The molecule has 1 fully saturated rings. The fourth-order valence-electron chi connectivity index (χ4n) is 2.01. The maximum Gasteiger partial charge on any atom is 0.311 e. The van der Waals surface area contributed by atoms with Crippen molar-refractivity contribution in [2.75, 3.05) is 0 Å². The lowest BCUT2D eigenvalue weighted by molar-refractivity contribution is -0.386. The predicted molar refractivity (Wildman–Crippen MR) is 73.1 cm³/mol. The first-order chi connectivity index (χ1) is 10.2. The topological polar surface area (TPSA) is 91.3 Å². The molecule has 0 aliphatic heterocycles. The second kappa shape index (κ2) is 5.51. The first-order valence-electron chi connectivity index (χ1n) is 6.89. The molecule has 110 valence electrons. The van der Waals surface area contributed by atoms with E-state index in [-0.39, 0.29) is 18.0 Å². The molecule has 7 heteroatoms. The van der Waals surface area contributed by atoms with Crippen LogP contribution in [-0.2, 0) is 13.0 Å². The monoisotopic (exact) mass is 289 g/mol. The quantitative estimate of drug-likeness (QED) is 0.599. The van der Waals surface area contributed by atoms with E-state index in [1.54, 1.807) is 6.07 Å². The van der Waals surface area contributed by atoms with Crippen LogP contribution in [0.2, 0.25) is 0 Å². The summed E-state index contributed by atoms with van der Waals surface area (Å²) in [4.78, 5) is 10.6. The minimum atomic E-state index is -0.446. The summed E-state index contributed by atoms with van der Waals surface area (Å²) in [7, 11) is 0. The van der Waals surface area contributed by atoms with Crippen LogP contribution in [-0.4, -0.2) is 15.1 Å². The van der Waals surface area contributed by atoms with Gasteiger partial charge in [0.05, 0.1) is 4.92 Å². The Bertz CT molecular complexity index is 664. The average molecular weight is 289 g/mol. The Balaban J connectivity index is 1.72. The Morgan fingerprint density at radius 1 is 1.43 bits per heavy atom. The maximum atomic E-state index is 11.1. The predicted octanol–water partition coefficient (Wildman–Crippen LogP) is 3.00. The number of nitro benzene ring substituents is 1. The highest BCUT2D eigenvalue weighted by Crippen LogP contribution is 2.39. The molecule has 0 radical (unpaired) electrons. The van der Waals surface area contributed by atoms with Gasteiger partial charge >= 0.3 is 5.69 Å². The minimum absolute atomic E-state index is 0.0338. The maximum absolute atomic E-state index is 11.1. The lowest BCUT2D eigenvalue weighted by atomic mass is 10.1. The Labute approximate surface area is 121 Å². The Morgan fingerprint density at radius 3 is 2.90 bits per heavy atom. The number of hydrogen-bond donors (Lipinski definition) is 0. The van der Waals surface area contributed by atoms with Gasteiger partial charge in [0, 0.05) is 12.0 Å². The van der Waals surface area contributed by atoms with E-state index in [9.17, 15) is 10.1 Å². The molecule has 1 aliphatic carbocycles. The number of nitro groups is 1. The van der Waals surface area contributed by atoms with Gasteiger partial charge in [-0.3, -0.25) is 10.1 Å². The SMILES string of the molecule is CCc1ccc(OCc2nnc(C3CC3)o2)c([N+](=O)[O-])c1. The van der Waals surface area contributed by atoms with E-state index >= 15 is 0 Å². The zero-order chi connectivity index (χ0) is 14.8. The van der Waals surface area contributed by atoms with Gasteiger partial charge in [-0.2, -0.15) is 0 Å². The van der Waals surface area contributed by atoms with Gasteiger partial charge in [0.15, 0.2) is 12.4 Å². The van der Waals surface area contributed by atoms with Gasteiger partial charge in [0.2, 0.25) is 5.89 Å². The zero-order valence-corrected chi connectivity index (χ0v) is 11.6. The number of rotatable bonds is 6. The van der Waals surface area contributed by atoms with Gasteiger partial charge < -0.3 is 9.15 Å². The van der Waals surface area contributed by atoms with E-state index in [2.05, 4.69) is 10.2 Å². The molecular weight excluding hydrogens is 274 g/mol. The third-order valence-electron chi connectivity index (χ3n) is 3.39. The highest BCUT2D eigenvalue weighted by molar-refractivity contribution is 5.48. The molecule has 0 unspecified atom stereocenters. The van der Waals surface area contributed by atoms with Crippen LogP contribution in [0.1, 0.15) is 43.0 Å². The molecule has 1 heterocycles. The fraction of sp³-hybridized carbons (Fsp3) is 0.429. The summed E-state index contributed by atoms with van der Waals surface area (Å²) >= 11 is 0. The number of aryl methyl sites for hydroxylation is 1. The first kappa shape index (κ1) is 13.5. The van der Waals surface area contributed by atoms with Crippen molar-refractivity contribution in [1.29, 1.82) is 0 Å². The largest absolute Gasteiger partial charge is 0.477 e. The second-order valence-corrected chi connectivity index (χ2v) is 5.01. The van der Waals surface area contributed by atoms with Crippen LogP contribution in [0.5, 0.6) is 5.75 Å². The molecule has 0 amide bonds. The van der Waals surface area contributed by atoms with Crippen LogP contribution in [0.3, 0.4) is 0 Å². The number of hydrogen-bond acceptors (Lipinski definition) is 6. The third kappa shape index (κ3) is 3.01. The summed E-state index contributed by atoms with van der Waals surface area (Å²) in [6.07, 6.45) is 2.88. The van der Waals surface area contributed by atoms with Gasteiger partial charge in [-0.05, 0) is 30.9 Å². The fourth-order valence-corrected chi connectivity index (χ4v) is 2.01. The number of benzene rings is 1. The van der Waals surface area contributed by atoms with Crippen LogP contribution >= 0.6 is 0 Å².